The van der Waals surface area contributed by atoms with Gasteiger partial charge in [-0.15, -0.1) is 10.2 Å². The van der Waals surface area contributed by atoms with E-state index in [9.17, 15) is 9.90 Å². The van der Waals surface area contributed by atoms with E-state index in [2.05, 4.69) is 15.5 Å². The lowest BCUT2D eigenvalue weighted by Gasteiger charge is -2.12. The minimum Gasteiger partial charge on any atom is -0.465 e. The molecule has 0 spiro atoms. The maximum absolute atomic E-state index is 11.4. The molecular weight excluding hydrogens is 501 g/mol. The van der Waals surface area contributed by atoms with Crippen molar-refractivity contribution >= 4 is 40.9 Å². The van der Waals surface area contributed by atoms with Gasteiger partial charge in [-0.05, 0) is 30.3 Å². The van der Waals surface area contributed by atoms with Gasteiger partial charge in [0, 0.05) is 26.6 Å². The molecule has 2 N–H and O–H groups in total. The lowest BCUT2D eigenvalue weighted by molar-refractivity contribution is 0.194. The van der Waals surface area contributed by atoms with Gasteiger partial charge in [0.05, 0.1) is 22.9 Å². The molecule has 8 nitrogen and oxygen atoms in total. The van der Waals surface area contributed by atoms with E-state index in [1.807, 2.05) is 32.9 Å². The van der Waals surface area contributed by atoms with Crippen molar-refractivity contribution < 1.29 is 14.3 Å². The van der Waals surface area contributed by atoms with Crippen molar-refractivity contribution in [3.63, 3.8) is 0 Å². The second-order valence-corrected chi connectivity index (χ2v) is 9.79. The van der Waals surface area contributed by atoms with Crippen LogP contribution in [0.1, 0.15) is 32.2 Å². The lowest BCUT2D eigenvalue weighted by atomic mass is 9.97. The zero-order chi connectivity index (χ0) is 24.6. The Balaban J connectivity index is 2.01. The summed E-state index contributed by atoms with van der Waals surface area (Å²) in [4.78, 5) is 11.4. The first-order valence-corrected chi connectivity index (χ1v) is 11.3. The maximum atomic E-state index is 11.4. The number of carbonyl (C=O) groups is 1. The number of amides is 1. The van der Waals surface area contributed by atoms with E-state index >= 15 is 0 Å². The predicted molar refractivity (Wildman–Crippen MR) is 131 cm³/mol. The van der Waals surface area contributed by atoms with E-state index in [4.69, 9.17) is 44.3 Å². The molecule has 2 aromatic heterocycles. The molecule has 0 bridgehead atoms. The van der Waals surface area contributed by atoms with Crippen LogP contribution in [0.2, 0.25) is 15.1 Å². The van der Waals surface area contributed by atoms with E-state index in [1.54, 1.807) is 35.0 Å². The minimum atomic E-state index is -1.19. The molecule has 2 heterocycles. The Hall–Kier alpha value is -3.07. The van der Waals surface area contributed by atoms with E-state index in [1.165, 1.54) is 0 Å². The number of hydrogen-bond donors (Lipinski definition) is 2. The van der Waals surface area contributed by atoms with E-state index in [0.29, 0.717) is 43.6 Å². The maximum Gasteiger partial charge on any atom is 0.404 e. The first kappa shape index (κ1) is 24.1. The summed E-state index contributed by atoms with van der Waals surface area (Å²) in [5, 5.41) is 26.2. The van der Waals surface area contributed by atoms with Gasteiger partial charge in [-0.25, -0.2) is 9.48 Å². The number of nitrogens with one attached hydrogen (secondary N) is 1. The van der Waals surface area contributed by atoms with Gasteiger partial charge >= 0.3 is 6.09 Å². The molecule has 0 atom stereocenters. The van der Waals surface area contributed by atoms with Crippen molar-refractivity contribution in [1.82, 2.24) is 25.3 Å². The van der Waals surface area contributed by atoms with Gasteiger partial charge in [0.1, 0.15) is 0 Å². The third-order valence-electron chi connectivity index (χ3n) is 4.92. The van der Waals surface area contributed by atoms with Gasteiger partial charge < -0.3 is 14.8 Å². The van der Waals surface area contributed by atoms with Crippen LogP contribution in [0.3, 0.4) is 0 Å². The Labute approximate surface area is 210 Å². The van der Waals surface area contributed by atoms with Crippen LogP contribution in [-0.4, -0.2) is 31.2 Å². The Morgan fingerprint density at radius 3 is 2.32 bits per heavy atom. The van der Waals surface area contributed by atoms with Crippen LogP contribution in [0.25, 0.3) is 28.5 Å². The molecule has 34 heavy (non-hydrogen) atoms. The zero-order valence-corrected chi connectivity index (χ0v) is 20.7. The average molecular weight is 521 g/mol. The molecule has 4 rings (SSSR count). The van der Waals surface area contributed by atoms with Crippen LogP contribution >= 0.6 is 34.8 Å². The third kappa shape index (κ3) is 4.89. The Bertz CT molecular complexity index is 1360. The second-order valence-electron chi connectivity index (χ2n) is 8.51. The molecule has 0 fully saturated rings. The highest BCUT2D eigenvalue weighted by Gasteiger charge is 2.28. The van der Waals surface area contributed by atoms with Gasteiger partial charge in [0.25, 0.3) is 5.89 Å². The van der Waals surface area contributed by atoms with Gasteiger partial charge in [-0.3, -0.25) is 0 Å². The largest absolute Gasteiger partial charge is 0.465 e. The molecule has 1 amide bonds. The number of benzene rings is 2. The topological polar surface area (TPSA) is 106 Å². The van der Waals surface area contributed by atoms with Crippen molar-refractivity contribution in [2.24, 2.45) is 0 Å². The van der Waals surface area contributed by atoms with Gasteiger partial charge in [-0.2, -0.15) is 5.10 Å². The molecule has 0 aliphatic heterocycles. The smallest absolute Gasteiger partial charge is 0.404 e. The molecule has 176 valence electrons. The first-order chi connectivity index (χ1) is 16.0. The number of halogens is 3. The summed E-state index contributed by atoms with van der Waals surface area (Å²) in [5.74, 6) is 0.581. The highest BCUT2D eigenvalue weighted by atomic mass is 35.5. The molecule has 0 aliphatic carbocycles. The van der Waals surface area contributed by atoms with Crippen LogP contribution in [0.5, 0.6) is 0 Å². The molecule has 4 aromatic rings. The number of aromatic nitrogens is 4. The highest BCUT2D eigenvalue weighted by molar-refractivity contribution is 6.35. The molecule has 0 radical (unpaired) electrons. The molecular formula is C23H20Cl3N5O3. The van der Waals surface area contributed by atoms with Crippen LogP contribution < -0.4 is 5.32 Å². The van der Waals surface area contributed by atoms with Crippen LogP contribution in [0, 0.1) is 0 Å². The summed E-state index contributed by atoms with van der Waals surface area (Å²) in [6, 6.07) is 12.1. The summed E-state index contributed by atoms with van der Waals surface area (Å²) in [6.07, 6.45) is -1.19. The SMILES string of the molecule is CC(C)(C)c1nnc(-c2nn(-c3ccc(Cl)cc3Cl)c(-c3ccc(Cl)cc3)c2CNC(=O)O)o1. The normalized spacial score (nSPS) is 11.6. The highest BCUT2D eigenvalue weighted by Crippen LogP contribution is 2.37. The Kier molecular flexibility index (Phi) is 6.58. The van der Waals surface area contributed by atoms with E-state index in [-0.39, 0.29) is 17.9 Å². The van der Waals surface area contributed by atoms with Gasteiger partial charge in [-0.1, -0.05) is 67.7 Å². The summed E-state index contributed by atoms with van der Waals surface area (Å²) in [6.45, 7) is 5.77. The van der Waals surface area contributed by atoms with Crippen LogP contribution in [0.15, 0.2) is 46.9 Å². The average Bonchev–Trinajstić information content (AvgIpc) is 3.38. The number of hydrogen-bond acceptors (Lipinski definition) is 5. The van der Waals surface area contributed by atoms with Crippen molar-refractivity contribution in [1.29, 1.82) is 0 Å². The monoisotopic (exact) mass is 519 g/mol. The van der Waals surface area contributed by atoms with Crippen molar-refractivity contribution in [2.75, 3.05) is 0 Å². The van der Waals surface area contributed by atoms with E-state index < -0.39 is 6.09 Å². The standard InChI is InChI=1S/C23H20Cl3N5O3/c1-23(2,3)21-29-28-20(34-21)18-15(11-27-22(32)33)19(12-4-6-13(24)7-5-12)31(30-18)17-9-8-14(25)10-16(17)26/h4-10,27H,11H2,1-3H3,(H,32,33). The Morgan fingerprint density at radius 2 is 1.74 bits per heavy atom. The predicted octanol–water partition coefficient (Wildman–Crippen LogP) is 6.61. The van der Waals surface area contributed by atoms with Crippen molar-refractivity contribution in [2.45, 2.75) is 32.7 Å². The molecule has 11 heteroatoms. The van der Waals surface area contributed by atoms with Crippen LogP contribution in [0.4, 0.5) is 4.79 Å². The molecule has 0 aliphatic rings. The van der Waals surface area contributed by atoms with Crippen molar-refractivity contribution in [3.8, 4) is 28.5 Å². The summed E-state index contributed by atoms with van der Waals surface area (Å²) in [5.41, 5.74) is 2.32. The summed E-state index contributed by atoms with van der Waals surface area (Å²) >= 11 is 18.7. The third-order valence-corrected chi connectivity index (χ3v) is 5.71. The lowest BCUT2D eigenvalue weighted by Crippen LogP contribution is -2.20. The molecule has 0 saturated carbocycles. The van der Waals surface area contributed by atoms with Crippen molar-refractivity contribution in [3.05, 3.63) is 69.0 Å². The fraction of sp³-hybridized carbons (Fsp3) is 0.217. The molecule has 0 saturated heterocycles. The van der Waals surface area contributed by atoms with Gasteiger partial charge in [0.2, 0.25) is 5.89 Å². The number of carboxylic acid groups (broad SMARTS) is 1. The minimum absolute atomic E-state index is 0.0684. The number of nitrogens with zero attached hydrogens (tertiary/aromatic N) is 4. The van der Waals surface area contributed by atoms with Crippen LogP contribution in [-0.2, 0) is 12.0 Å². The first-order valence-electron chi connectivity index (χ1n) is 10.2. The summed E-state index contributed by atoms with van der Waals surface area (Å²) in [7, 11) is 0. The number of rotatable bonds is 5. The van der Waals surface area contributed by atoms with E-state index in [0.717, 1.165) is 5.56 Å². The Morgan fingerprint density at radius 1 is 1.06 bits per heavy atom. The zero-order valence-electron chi connectivity index (χ0n) is 18.4. The molecule has 0 unspecified atom stereocenters. The fourth-order valence-electron chi connectivity index (χ4n) is 3.31. The van der Waals surface area contributed by atoms with Gasteiger partial charge in [0.15, 0.2) is 5.69 Å². The quantitative estimate of drug-likeness (QED) is 0.306. The fourth-order valence-corrected chi connectivity index (χ4v) is 3.92. The molecule has 2 aromatic carbocycles. The second kappa shape index (κ2) is 9.29. The summed E-state index contributed by atoms with van der Waals surface area (Å²) < 4.78 is 7.55.